The zero-order valence-corrected chi connectivity index (χ0v) is 11.4. The molecule has 0 aliphatic carbocycles. The summed E-state index contributed by atoms with van der Waals surface area (Å²) in [6.45, 7) is 3.15. The fourth-order valence-corrected chi connectivity index (χ4v) is 1.73. The number of methoxy groups -OCH3 is 1. The minimum Gasteiger partial charge on any atom is -0.496 e. The van der Waals surface area contributed by atoms with Gasteiger partial charge in [-0.25, -0.2) is 4.79 Å². The fourth-order valence-electron chi connectivity index (χ4n) is 1.73. The number of rotatable bonds is 4. The monoisotopic (exact) mass is 277 g/mol. The summed E-state index contributed by atoms with van der Waals surface area (Å²) in [5.74, 6) is -0.512. The van der Waals surface area contributed by atoms with Gasteiger partial charge in [-0.2, -0.15) is 0 Å². The molecule has 1 heterocycles. The van der Waals surface area contributed by atoms with E-state index in [0.29, 0.717) is 17.0 Å². The van der Waals surface area contributed by atoms with E-state index in [4.69, 9.17) is 14.4 Å². The average molecular weight is 277 g/mol. The lowest BCUT2D eigenvalue weighted by molar-refractivity contribution is 0.0476. The second-order valence-electron chi connectivity index (χ2n) is 4.86. The lowest BCUT2D eigenvalue weighted by atomic mass is 10.0. The molecule has 2 rings (SSSR count). The third-order valence-corrected chi connectivity index (χ3v) is 2.84. The fraction of sp³-hybridized carbons (Fsp3) is 0.286. The van der Waals surface area contributed by atoms with Crippen LogP contribution in [0.2, 0.25) is 0 Å². The maximum atomic E-state index is 11.2. The van der Waals surface area contributed by atoms with Crippen LogP contribution in [0.5, 0.6) is 5.75 Å². The molecule has 20 heavy (non-hydrogen) atoms. The molecule has 0 amide bonds. The van der Waals surface area contributed by atoms with Gasteiger partial charge in [-0.1, -0.05) is 5.16 Å². The quantitative estimate of drug-likeness (QED) is 0.890. The first-order valence-corrected chi connectivity index (χ1v) is 5.94. The van der Waals surface area contributed by atoms with Crippen molar-refractivity contribution in [1.29, 1.82) is 0 Å². The van der Waals surface area contributed by atoms with Gasteiger partial charge in [0.05, 0.1) is 7.11 Å². The molecule has 2 N–H and O–H groups in total. The lowest BCUT2D eigenvalue weighted by Gasteiger charge is -2.11. The van der Waals surface area contributed by atoms with Crippen LogP contribution in [0.15, 0.2) is 28.8 Å². The molecule has 0 saturated heterocycles. The smallest absolute Gasteiger partial charge is 0.339 e. The first-order valence-electron chi connectivity index (χ1n) is 5.94. The van der Waals surface area contributed by atoms with Crippen LogP contribution in [0.3, 0.4) is 0 Å². The van der Waals surface area contributed by atoms with E-state index >= 15 is 0 Å². The Morgan fingerprint density at radius 3 is 2.55 bits per heavy atom. The summed E-state index contributed by atoms with van der Waals surface area (Å²) in [7, 11) is 1.41. The predicted octanol–water partition coefficient (Wildman–Crippen LogP) is 2.28. The molecular formula is C14H15NO5. The molecule has 6 heteroatoms. The van der Waals surface area contributed by atoms with Crippen LogP contribution in [-0.4, -0.2) is 28.4 Å². The van der Waals surface area contributed by atoms with E-state index in [2.05, 4.69) is 5.16 Å². The van der Waals surface area contributed by atoms with E-state index in [0.717, 1.165) is 0 Å². The molecule has 0 aliphatic rings. The molecule has 1 aromatic heterocycles. The number of carboxylic acids is 1. The van der Waals surface area contributed by atoms with Gasteiger partial charge in [0.1, 0.15) is 22.6 Å². The minimum atomic E-state index is -1.15. The molecular weight excluding hydrogens is 262 g/mol. The molecule has 0 unspecified atom stereocenters. The minimum absolute atomic E-state index is 0.0396. The zero-order valence-electron chi connectivity index (χ0n) is 11.4. The van der Waals surface area contributed by atoms with Crippen molar-refractivity contribution in [2.24, 2.45) is 0 Å². The number of aromatic carboxylic acids is 1. The Labute approximate surface area is 115 Å². The number of carbonyl (C=O) groups is 1. The topological polar surface area (TPSA) is 92.8 Å². The van der Waals surface area contributed by atoms with Crippen LogP contribution in [0, 0.1) is 0 Å². The SMILES string of the molecule is COc1ccc(-c2cc(C(C)(C)O)on2)cc1C(=O)O. The number of aliphatic hydroxyl groups is 1. The van der Waals surface area contributed by atoms with Crippen molar-refractivity contribution in [2.45, 2.75) is 19.4 Å². The van der Waals surface area contributed by atoms with Gasteiger partial charge in [0.15, 0.2) is 5.76 Å². The number of hydrogen-bond acceptors (Lipinski definition) is 5. The normalized spacial score (nSPS) is 11.4. The molecule has 0 fully saturated rings. The van der Waals surface area contributed by atoms with E-state index in [9.17, 15) is 9.90 Å². The zero-order chi connectivity index (χ0) is 14.9. The van der Waals surface area contributed by atoms with Gasteiger partial charge in [-0.05, 0) is 32.0 Å². The molecule has 0 bridgehead atoms. The van der Waals surface area contributed by atoms with Crippen LogP contribution >= 0.6 is 0 Å². The van der Waals surface area contributed by atoms with Crippen molar-refractivity contribution in [2.75, 3.05) is 7.11 Å². The molecule has 0 atom stereocenters. The van der Waals surface area contributed by atoms with Crippen LogP contribution in [0.1, 0.15) is 30.0 Å². The number of benzene rings is 1. The summed E-state index contributed by atoms with van der Waals surface area (Å²) in [4.78, 5) is 11.2. The summed E-state index contributed by atoms with van der Waals surface area (Å²) in [5.41, 5.74) is -0.0830. The van der Waals surface area contributed by atoms with Gasteiger partial charge in [-0.3, -0.25) is 0 Å². The van der Waals surface area contributed by atoms with Crippen LogP contribution in [0.4, 0.5) is 0 Å². The summed E-state index contributed by atoms with van der Waals surface area (Å²) in [6.07, 6.45) is 0. The largest absolute Gasteiger partial charge is 0.496 e. The Morgan fingerprint density at radius 2 is 2.05 bits per heavy atom. The first-order chi connectivity index (χ1) is 9.32. The van der Waals surface area contributed by atoms with Crippen LogP contribution in [0.25, 0.3) is 11.3 Å². The number of ether oxygens (including phenoxy) is 1. The molecule has 0 radical (unpaired) electrons. The summed E-state index contributed by atoms with van der Waals surface area (Å²) in [6, 6.07) is 6.26. The highest BCUT2D eigenvalue weighted by Crippen LogP contribution is 2.29. The van der Waals surface area contributed by atoms with Crippen molar-refractivity contribution in [3.63, 3.8) is 0 Å². The third kappa shape index (κ3) is 2.65. The van der Waals surface area contributed by atoms with Gasteiger partial charge in [-0.15, -0.1) is 0 Å². The summed E-state index contributed by atoms with van der Waals surface area (Å²) in [5, 5.41) is 22.8. The predicted molar refractivity (Wildman–Crippen MR) is 70.7 cm³/mol. The molecule has 0 spiro atoms. The highest BCUT2D eigenvalue weighted by atomic mass is 16.5. The number of aromatic nitrogens is 1. The van der Waals surface area contributed by atoms with Gasteiger partial charge in [0.2, 0.25) is 0 Å². The Bertz CT molecular complexity index is 639. The highest BCUT2D eigenvalue weighted by molar-refractivity contribution is 5.92. The number of hydrogen-bond donors (Lipinski definition) is 2. The van der Waals surface area contributed by atoms with E-state index in [1.54, 1.807) is 32.0 Å². The van der Waals surface area contributed by atoms with Crippen molar-refractivity contribution in [3.05, 3.63) is 35.6 Å². The van der Waals surface area contributed by atoms with Crippen molar-refractivity contribution < 1.29 is 24.3 Å². The maximum Gasteiger partial charge on any atom is 0.339 e. The second kappa shape index (κ2) is 4.97. The van der Waals surface area contributed by atoms with E-state index in [1.165, 1.54) is 13.2 Å². The Hall–Kier alpha value is -2.34. The van der Waals surface area contributed by atoms with Gasteiger partial charge in [0.25, 0.3) is 0 Å². The van der Waals surface area contributed by atoms with E-state index in [-0.39, 0.29) is 11.3 Å². The highest BCUT2D eigenvalue weighted by Gasteiger charge is 2.23. The molecule has 1 aromatic carbocycles. The maximum absolute atomic E-state index is 11.2. The van der Waals surface area contributed by atoms with Gasteiger partial charge in [0, 0.05) is 11.6 Å². The number of carboxylic acid groups (broad SMARTS) is 1. The molecule has 0 saturated carbocycles. The average Bonchev–Trinajstić information content (AvgIpc) is 2.87. The standard InChI is InChI=1S/C14H15NO5/c1-14(2,18)12-7-10(15-20-12)8-4-5-11(19-3)9(6-8)13(16)17/h4-7,18H,1-3H3,(H,16,17). The van der Waals surface area contributed by atoms with Crippen molar-refractivity contribution >= 4 is 5.97 Å². The van der Waals surface area contributed by atoms with Gasteiger partial charge < -0.3 is 19.5 Å². The first kappa shape index (κ1) is 14.1. The molecule has 6 nitrogen and oxygen atoms in total. The number of nitrogens with zero attached hydrogens (tertiary/aromatic N) is 1. The third-order valence-electron chi connectivity index (χ3n) is 2.84. The van der Waals surface area contributed by atoms with Crippen molar-refractivity contribution in [1.82, 2.24) is 5.16 Å². The lowest BCUT2D eigenvalue weighted by Crippen LogP contribution is -2.13. The molecule has 2 aromatic rings. The molecule has 106 valence electrons. The summed E-state index contributed by atoms with van der Waals surface area (Å²) < 4.78 is 10.1. The van der Waals surface area contributed by atoms with E-state index in [1.807, 2.05) is 0 Å². The van der Waals surface area contributed by atoms with Gasteiger partial charge >= 0.3 is 5.97 Å². The Balaban J connectivity index is 2.46. The van der Waals surface area contributed by atoms with Crippen LogP contribution < -0.4 is 4.74 Å². The molecule has 0 aliphatic heterocycles. The van der Waals surface area contributed by atoms with Crippen LogP contribution in [-0.2, 0) is 5.60 Å². The van der Waals surface area contributed by atoms with E-state index < -0.39 is 11.6 Å². The Morgan fingerprint density at radius 1 is 1.35 bits per heavy atom. The summed E-state index contributed by atoms with van der Waals surface area (Å²) >= 11 is 0. The Kier molecular flexibility index (Phi) is 3.50. The van der Waals surface area contributed by atoms with Crippen molar-refractivity contribution in [3.8, 4) is 17.0 Å². The second-order valence-corrected chi connectivity index (χ2v) is 4.86.